The number of methoxy groups -OCH3 is 1. The molecule has 0 saturated heterocycles. The van der Waals surface area contributed by atoms with Crippen LogP contribution in [0.5, 0.6) is 0 Å². The maximum Gasteiger partial charge on any atom is 0.393 e. The van der Waals surface area contributed by atoms with E-state index in [1.165, 1.54) is 6.08 Å². The zero-order chi connectivity index (χ0) is 14.1. The number of allylic oxidation sites excluding steroid dienone is 1. The fourth-order valence-electron chi connectivity index (χ4n) is 2.02. The van der Waals surface area contributed by atoms with E-state index in [-0.39, 0.29) is 18.5 Å². The molecule has 0 spiro atoms. The van der Waals surface area contributed by atoms with Crippen LogP contribution in [0, 0.1) is 17.3 Å². The summed E-state index contributed by atoms with van der Waals surface area (Å²) in [7, 11) is 0.872. The van der Waals surface area contributed by atoms with Crippen LogP contribution < -0.4 is 0 Å². The molecule has 0 aromatic carbocycles. The standard InChI is InChI=1S/C12H17ClF2O3/c1-5-18-10(16)9-7(11(9,2)3)6-8(13)12(14,15)17-4/h6-7,9H,5H2,1-4H3/t7-,9+/m0/s1. The Kier molecular flexibility index (Phi) is 4.38. The highest BCUT2D eigenvalue weighted by Gasteiger charge is 2.62. The Labute approximate surface area is 110 Å². The van der Waals surface area contributed by atoms with Crippen molar-refractivity contribution in [2.75, 3.05) is 13.7 Å². The molecule has 0 radical (unpaired) electrons. The van der Waals surface area contributed by atoms with E-state index in [0.29, 0.717) is 0 Å². The first-order chi connectivity index (χ1) is 8.18. The lowest BCUT2D eigenvalue weighted by Gasteiger charge is -2.12. The Morgan fingerprint density at radius 1 is 1.50 bits per heavy atom. The maximum atomic E-state index is 13.1. The van der Waals surface area contributed by atoms with Gasteiger partial charge in [-0.1, -0.05) is 31.5 Å². The third kappa shape index (κ3) is 2.83. The minimum absolute atomic E-state index is 0.268. The van der Waals surface area contributed by atoms with Gasteiger partial charge in [0.05, 0.1) is 12.5 Å². The van der Waals surface area contributed by atoms with Gasteiger partial charge in [0, 0.05) is 7.11 Å². The van der Waals surface area contributed by atoms with Gasteiger partial charge in [-0.05, 0) is 18.3 Å². The highest BCUT2D eigenvalue weighted by molar-refractivity contribution is 6.30. The average molecular weight is 283 g/mol. The van der Waals surface area contributed by atoms with Crippen LogP contribution in [-0.2, 0) is 14.3 Å². The van der Waals surface area contributed by atoms with Gasteiger partial charge in [0.1, 0.15) is 5.03 Å². The van der Waals surface area contributed by atoms with Crippen molar-refractivity contribution in [3.05, 3.63) is 11.1 Å². The molecule has 0 aromatic rings. The van der Waals surface area contributed by atoms with Gasteiger partial charge < -0.3 is 9.47 Å². The molecule has 1 aliphatic carbocycles. The van der Waals surface area contributed by atoms with E-state index in [4.69, 9.17) is 16.3 Å². The van der Waals surface area contributed by atoms with E-state index in [9.17, 15) is 13.6 Å². The zero-order valence-corrected chi connectivity index (χ0v) is 11.6. The second-order valence-electron chi connectivity index (χ2n) is 4.81. The molecular formula is C12H17ClF2O3. The summed E-state index contributed by atoms with van der Waals surface area (Å²) in [4.78, 5) is 11.6. The van der Waals surface area contributed by atoms with E-state index in [1.54, 1.807) is 6.92 Å². The predicted molar refractivity (Wildman–Crippen MR) is 63.3 cm³/mol. The Hall–Kier alpha value is -0.680. The number of esters is 1. The molecule has 6 heteroatoms. The van der Waals surface area contributed by atoms with Crippen LogP contribution in [0.1, 0.15) is 20.8 Å². The van der Waals surface area contributed by atoms with Gasteiger partial charge in [-0.3, -0.25) is 4.79 Å². The molecule has 104 valence electrons. The van der Waals surface area contributed by atoms with E-state index in [1.807, 2.05) is 13.8 Å². The van der Waals surface area contributed by atoms with E-state index in [2.05, 4.69) is 4.74 Å². The SMILES string of the molecule is CCOC(=O)[C@H]1[C@H](C=C(Cl)C(F)(F)OC)C1(C)C. The number of ether oxygens (including phenoxy) is 2. The number of hydrogen-bond acceptors (Lipinski definition) is 3. The molecule has 1 fully saturated rings. The summed E-state index contributed by atoms with van der Waals surface area (Å²) in [6.45, 7) is 5.59. The first-order valence-electron chi connectivity index (χ1n) is 5.65. The van der Waals surface area contributed by atoms with Crippen LogP contribution in [0.4, 0.5) is 8.78 Å². The minimum atomic E-state index is -3.51. The summed E-state index contributed by atoms with van der Waals surface area (Å²) in [6.07, 6.45) is -2.33. The topological polar surface area (TPSA) is 35.5 Å². The summed E-state index contributed by atoms with van der Waals surface area (Å²) in [5.74, 6) is -1.17. The summed E-state index contributed by atoms with van der Waals surface area (Å²) >= 11 is 5.52. The highest BCUT2D eigenvalue weighted by Crippen LogP contribution is 2.60. The molecule has 0 aromatic heterocycles. The quantitative estimate of drug-likeness (QED) is 0.727. The Morgan fingerprint density at radius 3 is 2.50 bits per heavy atom. The van der Waals surface area contributed by atoms with Crippen molar-refractivity contribution < 1.29 is 23.0 Å². The minimum Gasteiger partial charge on any atom is -0.466 e. The number of alkyl halides is 2. The second-order valence-corrected chi connectivity index (χ2v) is 5.22. The van der Waals surface area contributed by atoms with Crippen molar-refractivity contribution in [1.29, 1.82) is 0 Å². The third-order valence-electron chi connectivity index (χ3n) is 3.31. The molecule has 0 aliphatic heterocycles. The van der Waals surface area contributed by atoms with Gasteiger partial charge >= 0.3 is 12.1 Å². The Balaban J connectivity index is 2.81. The lowest BCUT2D eigenvalue weighted by Crippen LogP contribution is -2.19. The normalized spacial score (nSPS) is 26.9. The van der Waals surface area contributed by atoms with Crippen LogP contribution in [0.25, 0.3) is 0 Å². The van der Waals surface area contributed by atoms with Crippen LogP contribution in [0.3, 0.4) is 0 Å². The monoisotopic (exact) mass is 282 g/mol. The molecule has 0 heterocycles. The van der Waals surface area contributed by atoms with E-state index >= 15 is 0 Å². The van der Waals surface area contributed by atoms with Crippen LogP contribution in [-0.4, -0.2) is 25.8 Å². The zero-order valence-electron chi connectivity index (χ0n) is 10.8. The van der Waals surface area contributed by atoms with Crippen molar-refractivity contribution in [2.24, 2.45) is 17.3 Å². The van der Waals surface area contributed by atoms with Gasteiger partial charge in [-0.15, -0.1) is 0 Å². The van der Waals surface area contributed by atoms with Crippen molar-refractivity contribution in [3.63, 3.8) is 0 Å². The molecule has 2 atom stereocenters. The molecule has 0 N–H and O–H groups in total. The van der Waals surface area contributed by atoms with Gasteiger partial charge in [0.15, 0.2) is 0 Å². The van der Waals surface area contributed by atoms with Crippen LogP contribution in [0.15, 0.2) is 11.1 Å². The molecule has 1 saturated carbocycles. The molecule has 18 heavy (non-hydrogen) atoms. The number of rotatable bonds is 5. The summed E-state index contributed by atoms with van der Waals surface area (Å²) in [5.41, 5.74) is -0.420. The smallest absolute Gasteiger partial charge is 0.393 e. The van der Waals surface area contributed by atoms with Crippen molar-refractivity contribution in [3.8, 4) is 0 Å². The average Bonchev–Trinajstić information content (AvgIpc) is 2.80. The Morgan fingerprint density at radius 2 is 2.06 bits per heavy atom. The third-order valence-corrected chi connectivity index (χ3v) is 3.66. The molecule has 1 rings (SSSR count). The molecule has 0 unspecified atom stereocenters. The van der Waals surface area contributed by atoms with Crippen molar-refractivity contribution >= 4 is 17.6 Å². The molecule has 0 amide bonds. The van der Waals surface area contributed by atoms with E-state index < -0.39 is 22.5 Å². The summed E-state index contributed by atoms with van der Waals surface area (Å²) in [6, 6.07) is 0. The molecular weight excluding hydrogens is 266 g/mol. The van der Waals surface area contributed by atoms with Crippen molar-refractivity contribution in [2.45, 2.75) is 26.9 Å². The van der Waals surface area contributed by atoms with Gasteiger partial charge in [-0.2, -0.15) is 8.78 Å². The predicted octanol–water partition coefficient (Wildman–Crippen LogP) is 3.18. The number of carbonyl (C=O) groups is 1. The van der Waals surface area contributed by atoms with Gasteiger partial charge in [0.25, 0.3) is 0 Å². The fourth-order valence-corrected chi connectivity index (χ4v) is 2.24. The second kappa shape index (κ2) is 5.13. The molecule has 3 nitrogen and oxygen atoms in total. The van der Waals surface area contributed by atoms with Crippen LogP contribution in [0.2, 0.25) is 0 Å². The fraction of sp³-hybridized carbons (Fsp3) is 0.750. The highest BCUT2D eigenvalue weighted by atomic mass is 35.5. The van der Waals surface area contributed by atoms with Crippen molar-refractivity contribution in [1.82, 2.24) is 0 Å². The van der Waals surface area contributed by atoms with Gasteiger partial charge in [-0.25, -0.2) is 0 Å². The largest absolute Gasteiger partial charge is 0.466 e. The number of hydrogen-bond donors (Lipinski definition) is 0. The lowest BCUT2D eigenvalue weighted by molar-refractivity contribution is -0.184. The number of carbonyl (C=O) groups excluding carboxylic acids is 1. The van der Waals surface area contributed by atoms with E-state index in [0.717, 1.165) is 7.11 Å². The van der Waals surface area contributed by atoms with Crippen LogP contribution >= 0.6 is 11.6 Å². The summed E-state index contributed by atoms with van der Waals surface area (Å²) in [5, 5.41) is -0.699. The summed E-state index contributed by atoms with van der Waals surface area (Å²) < 4.78 is 35.1. The van der Waals surface area contributed by atoms with Gasteiger partial charge in [0.2, 0.25) is 0 Å². The first-order valence-corrected chi connectivity index (χ1v) is 6.03. The number of halogens is 3. The maximum absolute atomic E-state index is 13.1. The first kappa shape index (κ1) is 15.4. The lowest BCUT2D eigenvalue weighted by atomic mass is 10.1. The Bertz CT molecular complexity index is 366. The molecule has 1 aliphatic rings. The molecule has 0 bridgehead atoms.